The molecule has 3 fully saturated rings. The van der Waals surface area contributed by atoms with Crippen molar-refractivity contribution in [2.45, 2.75) is 157 Å². The Morgan fingerprint density at radius 3 is 2.10 bits per heavy atom. The number of fused-ring (bicyclic) bond motifs is 5. The Labute approximate surface area is 285 Å². The van der Waals surface area contributed by atoms with Crippen LogP contribution in [0.5, 0.6) is 0 Å². The number of hydrogen-bond donors (Lipinski definition) is 2. The predicted octanol–water partition coefficient (Wildman–Crippen LogP) is 5.44. The molecule has 10 atom stereocenters. The summed E-state index contributed by atoms with van der Waals surface area (Å²) in [5, 5.41) is 23.7. The molecule has 10 heteroatoms. The summed E-state index contributed by atoms with van der Waals surface area (Å²) < 4.78 is 17.3. The zero-order valence-electron chi connectivity index (χ0n) is 30.9. The first kappa shape index (κ1) is 38.2. The summed E-state index contributed by atoms with van der Waals surface area (Å²) in [5.41, 5.74) is -5.03. The van der Waals surface area contributed by atoms with Crippen molar-refractivity contribution in [3.05, 3.63) is 11.6 Å². The fraction of sp³-hybridized carbons (Fsp3) is 0.816. The molecule has 270 valence electrons. The maximum absolute atomic E-state index is 14.8. The molecule has 3 saturated carbocycles. The van der Waals surface area contributed by atoms with Gasteiger partial charge >= 0.3 is 17.9 Å². The summed E-state index contributed by atoms with van der Waals surface area (Å²) in [6.07, 6.45) is 1.32. The van der Waals surface area contributed by atoms with E-state index in [9.17, 15) is 34.2 Å². The van der Waals surface area contributed by atoms with Gasteiger partial charge in [0.15, 0.2) is 5.78 Å². The van der Waals surface area contributed by atoms with E-state index in [-0.39, 0.29) is 55.7 Å². The van der Waals surface area contributed by atoms with Crippen molar-refractivity contribution in [3.8, 4) is 0 Å². The molecule has 0 bridgehead atoms. The first-order valence-corrected chi connectivity index (χ1v) is 17.7. The van der Waals surface area contributed by atoms with Crippen LogP contribution in [-0.4, -0.2) is 69.2 Å². The van der Waals surface area contributed by atoms with Gasteiger partial charge in [-0.3, -0.25) is 24.0 Å². The lowest BCUT2D eigenvalue weighted by atomic mass is 9.38. The Morgan fingerprint density at radius 2 is 1.54 bits per heavy atom. The molecule has 4 rings (SSSR count). The Bertz CT molecular complexity index is 1370. The summed E-state index contributed by atoms with van der Waals surface area (Å²) in [6.45, 7) is 19.6. The van der Waals surface area contributed by atoms with E-state index in [1.54, 1.807) is 27.7 Å². The molecule has 0 aromatic carbocycles. The Hall–Kier alpha value is -2.59. The highest BCUT2D eigenvalue weighted by Gasteiger charge is 2.75. The smallest absolute Gasteiger partial charge is 0.305 e. The van der Waals surface area contributed by atoms with Gasteiger partial charge in [0, 0.05) is 49.4 Å². The number of esters is 3. The normalized spacial score (nSPS) is 38.4. The molecule has 2 N–H and O–H groups in total. The van der Waals surface area contributed by atoms with E-state index in [2.05, 4.69) is 13.0 Å². The number of hydrogen-bond acceptors (Lipinski definition) is 10. The summed E-state index contributed by atoms with van der Waals surface area (Å²) in [5.74, 6) is -3.19. The van der Waals surface area contributed by atoms with Gasteiger partial charge in [0.05, 0.1) is 6.10 Å². The molecule has 0 amide bonds. The monoisotopic (exact) mass is 674 g/mol. The van der Waals surface area contributed by atoms with Crippen molar-refractivity contribution in [1.82, 2.24) is 0 Å². The summed E-state index contributed by atoms with van der Waals surface area (Å²) in [6, 6.07) is 0. The van der Waals surface area contributed by atoms with Crippen molar-refractivity contribution in [2.75, 3.05) is 0 Å². The highest BCUT2D eigenvalue weighted by Crippen LogP contribution is 2.74. The van der Waals surface area contributed by atoms with E-state index in [1.165, 1.54) is 13.8 Å². The van der Waals surface area contributed by atoms with Crippen LogP contribution >= 0.6 is 0 Å². The third-order valence-electron chi connectivity index (χ3n) is 13.2. The van der Waals surface area contributed by atoms with Crippen LogP contribution in [0.4, 0.5) is 0 Å². The quantitative estimate of drug-likeness (QED) is 0.174. The van der Waals surface area contributed by atoms with Gasteiger partial charge in [0.25, 0.3) is 0 Å². The molecule has 4 aliphatic rings. The molecule has 0 aliphatic heterocycles. The van der Waals surface area contributed by atoms with Crippen LogP contribution in [0.3, 0.4) is 0 Å². The van der Waals surface area contributed by atoms with E-state index in [1.807, 2.05) is 27.7 Å². The van der Waals surface area contributed by atoms with Crippen LogP contribution in [0, 0.1) is 39.4 Å². The fourth-order valence-corrected chi connectivity index (χ4v) is 10.6. The minimum atomic E-state index is -1.94. The molecule has 4 aliphatic carbocycles. The van der Waals surface area contributed by atoms with Gasteiger partial charge in [-0.25, -0.2) is 0 Å². The second-order valence-corrected chi connectivity index (χ2v) is 17.0. The Balaban J connectivity index is 1.73. The van der Waals surface area contributed by atoms with Gasteiger partial charge in [-0.2, -0.15) is 0 Å². The number of carbonyl (C=O) groups excluding carboxylic acids is 5. The van der Waals surface area contributed by atoms with Crippen LogP contribution in [0.2, 0.25) is 0 Å². The van der Waals surface area contributed by atoms with Crippen LogP contribution < -0.4 is 0 Å². The number of rotatable bonds is 10. The van der Waals surface area contributed by atoms with Crippen LogP contribution in [0.1, 0.15) is 128 Å². The van der Waals surface area contributed by atoms with E-state index < -0.39 is 74.8 Å². The molecule has 0 unspecified atom stereocenters. The largest absolute Gasteiger partial charge is 0.460 e. The van der Waals surface area contributed by atoms with Gasteiger partial charge in [-0.1, -0.05) is 60.1 Å². The molecule has 10 nitrogen and oxygen atoms in total. The van der Waals surface area contributed by atoms with E-state index in [0.717, 1.165) is 5.57 Å². The van der Waals surface area contributed by atoms with Gasteiger partial charge in [0.1, 0.15) is 29.2 Å². The molecule has 0 aromatic rings. The maximum atomic E-state index is 14.8. The number of allylic oxidation sites excluding steroid dienone is 1. The lowest BCUT2D eigenvalue weighted by Gasteiger charge is -2.65. The Morgan fingerprint density at radius 1 is 0.958 bits per heavy atom. The molecule has 0 radical (unpaired) electrons. The molecule has 0 saturated heterocycles. The lowest BCUT2D eigenvalue weighted by Crippen LogP contribution is -2.66. The first-order valence-electron chi connectivity index (χ1n) is 17.7. The van der Waals surface area contributed by atoms with Crippen molar-refractivity contribution >= 4 is 29.5 Å². The highest BCUT2D eigenvalue weighted by atomic mass is 16.6. The zero-order valence-corrected chi connectivity index (χ0v) is 30.9. The van der Waals surface area contributed by atoms with Gasteiger partial charge in [-0.15, -0.1) is 0 Å². The molecule has 0 heterocycles. The second-order valence-electron chi connectivity index (χ2n) is 17.0. The third-order valence-corrected chi connectivity index (χ3v) is 13.2. The highest BCUT2D eigenvalue weighted by molar-refractivity contribution is 5.90. The van der Waals surface area contributed by atoms with Gasteiger partial charge < -0.3 is 24.4 Å². The van der Waals surface area contributed by atoms with Crippen molar-refractivity contribution in [1.29, 1.82) is 0 Å². The van der Waals surface area contributed by atoms with E-state index in [0.29, 0.717) is 19.3 Å². The van der Waals surface area contributed by atoms with Crippen molar-refractivity contribution < 1.29 is 48.4 Å². The standard InChI is InChI=1S/C38H58O10/c1-12-29(43)46-25-18-23-22(34(6,7)32(25)47-30(44)13-2)14-15-26-35(8)19-24(40)31(36(35,9)20-28(42)37(23,26)10)38(11,45)27(41)16-17-33(4,5)48-21(3)39/h14,23-26,31-32,40,45H,12-13,15-20H2,1-11H3/t23-,24-,25+,26+,31+,32-,35+,36-,37+,38+/m1/s1. The molecule has 0 spiro atoms. The average Bonchev–Trinajstić information content (AvgIpc) is 3.17. The van der Waals surface area contributed by atoms with Crippen molar-refractivity contribution in [3.63, 3.8) is 0 Å². The molecular formula is C38H58O10. The van der Waals surface area contributed by atoms with Crippen molar-refractivity contribution in [2.24, 2.45) is 39.4 Å². The lowest BCUT2D eigenvalue weighted by molar-refractivity contribution is -0.198. The Kier molecular flexibility index (Phi) is 10.1. The number of Topliss-reactive ketones (excluding diaryl/α,β-unsaturated/α-hetero) is 2. The van der Waals surface area contributed by atoms with Gasteiger partial charge in [-0.05, 0) is 69.1 Å². The zero-order chi connectivity index (χ0) is 36.4. The van der Waals surface area contributed by atoms with E-state index in [4.69, 9.17) is 14.2 Å². The third kappa shape index (κ3) is 5.96. The molecule has 0 aromatic heterocycles. The van der Waals surface area contributed by atoms with Gasteiger partial charge in [0.2, 0.25) is 0 Å². The predicted molar refractivity (Wildman–Crippen MR) is 177 cm³/mol. The second kappa shape index (κ2) is 12.6. The average molecular weight is 675 g/mol. The minimum absolute atomic E-state index is 0.0122. The van der Waals surface area contributed by atoms with Crippen LogP contribution in [0.15, 0.2) is 11.6 Å². The fourth-order valence-electron chi connectivity index (χ4n) is 10.6. The summed E-state index contributed by atoms with van der Waals surface area (Å²) >= 11 is 0. The number of aliphatic hydroxyl groups is 2. The molecular weight excluding hydrogens is 616 g/mol. The molecule has 48 heavy (non-hydrogen) atoms. The van der Waals surface area contributed by atoms with Crippen LogP contribution in [0.25, 0.3) is 0 Å². The number of ketones is 2. The maximum Gasteiger partial charge on any atom is 0.305 e. The SMILES string of the molecule is CCC(=O)O[C@H]1C[C@@H]2C(=CC[C@@H]3[C@@]2(C)C(=O)C[C@]2(C)[C@@H]([C@@](C)(O)C(=O)CCC(C)(C)OC(C)=O)[C@H](O)C[C@@]32C)C(C)(C)[C@@H]1OC(=O)CC. The summed E-state index contributed by atoms with van der Waals surface area (Å²) in [7, 11) is 0. The number of ether oxygens (including phenoxy) is 3. The first-order chi connectivity index (χ1) is 21.9. The minimum Gasteiger partial charge on any atom is -0.460 e. The summed E-state index contributed by atoms with van der Waals surface area (Å²) in [4.78, 5) is 65.3. The van der Waals surface area contributed by atoms with Crippen LogP contribution in [-0.2, 0) is 38.2 Å². The topological polar surface area (TPSA) is 154 Å². The number of aliphatic hydroxyl groups excluding tert-OH is 1. The van der Waals surface area contributed by atoms with E-state index >= 15 is 0 Å². The number of carbonyl (C=O) groups is 5.